The molecule has 3 rings (SSSR count). The van der Waals surface area contributed by atoms with Crippen LogP contribution in [-0.2, 0) is 30.6 Å². The van der Waals surface area contributed by atoms with Crippen molar-refractivity contribution in [3.8, 4) is 0 Å². The topological polar surface area (TPSA) is 63.6 Å². The number of fused-ring (bicyclic) bond motifs is 1. The molecule has 4 nitrogen and oxygen atoms in total. The van der Waals surface area contributed by atoms with Gasteiger partial charge in [0.05, 0.1) is 11.1 Å². The summed E-state index contributed by atoms with van der Waals surface area (Å²) in [6.07, 6.45) is 1.53. The second-order valence-electron chi connectivity index (χ2n) is 6.47. The number of carbonyl (C=O) groups excluding carboxylic acids is 1. The van der Waals surface area contributed by atoms with Crippen LogP contribution in [0.4, 0.5) is 0 Å². The van der Waals surface area contributed by atoms with E-state index in [9.17, 15) is 14.7 Å². The fourth-order valence-electron chi connectivity index (χ4n) is 3.22. The molecular weight excluding hydrogens is 495 g/mol. The third-order valence-electron chi connectivity index (χ3n) is 4.55. The monoisotopic (exact) mass is 516 g/mol. The Morgan fingerprint density at radius 3 is 2.35 bits per heavy atom. The van der Waals surface area contributed by atoms with Gasteiger partial charge in [0.15, 0.2) is 0 Å². The Bertz CT molecular complexity index is 883. The molecule has 1 N–H and O–H groups in total. The number of carboxylic acids is 1. The van der Waals surface area contributed by atoms with Gasteiger partial charge in [0.25, 0.3) is 0 Å². The zero-order chi connectivity index (χ0) is 18.1. The van der Waals surface area contributed by atoms with Crippen molar-refractivity contribution in [2.75, 3.05) is 0 Å². The Kier molecular flexibility index (Phi) is 6.34. The Hall–Kier alpha value is -2.01. The van der Waals surface area contributed by atoms with Crippen LogP contribution < -0.4 is 0 Å². The first-order chi connectivity index (χ1) is 11.9. The second kappa shape index (κ2) is 8.13. The molecule has 2 aromatic rings. The Morgan fingerprint density at radius 1 is 1.04 bits per heavy atom. The third kappa shape index (κ3) is 3.73. The largest absolute Gasteiger partial charge is 0.478 e. The van der Waals surface area contributed by atoms with E-state index in [1.807, 2.05) is 30.3 Å². The van der Waals surface area contributed by atoms with Crippen molar-refractivity contribution in [2.45, 2.75) is 26.9 Å². The SMILES string of the molecule is Cc1c(C(=O)O)cccc1C(=O)OC1C=C(C(C)C)c2ccccc21.[Hf]. The molecular formula is C21H20HfO4. The Morgan fingerprint density at radius 2 is 1.69 bits per heavy atom. The van der Waals surface area contributed by atoms with E-state index < -0.39 is 18.0 Å². The van der Waals surface area contributed by atoms with E-state index in [-0.39, 0.29) is 37.0 Å². The van der Waals surface area contributed by atoms with Crippen molar-refractivity contribution in [3.63, 3.8) is 0 Å². The van der Waals surface area contributed by atoms with E-state index in [0.29, 0.717) is 11.5 Å². The van der Waals surface area contributed by atoms with Gasteiger partial charge in [-0.25, -0.2) is 9.59 Å². The van der Waals surface area contributed by atoms with Gasteiger partial charge in [0, 0.05) is 31.4 Å². The van der Waals surface area contributed by atoms with Crippen molar-refractivity contribution in [1.82, 2.24) is 0 Å². The summed E-state index contributed by atoms with van der Waals surface area (Å²) in [5.41, 5.74) is 4.03. The molecule has 5 heteroatoms. The molecule has 0 radical (unpaired) electrons. The maximum absolute atomic E-state index is 12.6. The summed E-state index contributed by atoms with van der Waals surface area (Å²) in [5, 5.41) is 9.22. The summed E-state index contributed by atoms with van der Waals surface area (Å²) in [7, 11) is 0. The van der Waals surface area contributed by atoms with Gasteiger partial charge in [0.1, 0.15) is 6.10 Å². The van der Waals surface area contributed by atoms with Crippen LogP contribution in [0.15, 0.2) is 48.5 Å². The van der Waals surface area contributed by atoms with E-state index in [4.69, 9.17) is 4.74 Å². The molecule has 0 fully saturated rings. The maximum atomic E-state index is 12.6. The average Bonchev–Trinajstić information content (AvgIpc) is 2.94. The smallest absolute Gasteiger partial charge is 0.339 e. The van der Waals surface area contributed by atoms with Crippen molar-refractivity contribution < 1.29 is 45.3 Å². The number of allylic oxidation sites excluding steroid dienone is 1. The van der Waals surface area contributed by atoms with Crippen LogP contribution in [0.1, 0.15) is 57.4 Å². The van der Waals surface area contributed by atoms with E-state index in [0.717, 1.165) is 16.7 Å². The van der Waals surface area contributed by atoms with Gasteiger partial charge in [-0.2, -0.15) is 0 Å². The minimum absolute atomic E-state index is 0. The molecule has 0 saturated carbocycles. The van der Waals surface area contributed by atoms with Crippen LogP contribution >= 0.6 is 0 Å². The van der Waals surface area contributed by atoms with Crippen molar-refractivity contribution in [3.05, 3.63) is 76.4 Å². The number of hydrogen-bond acceptors (Lipinski definition) is 3. The molecule has 0 aliphatic heterocycles. The number of carboxylic acid groups (broad SMARTS) is 1. The van der Waals surface area contributed by atoms with E-state index in [1.54, 1.807) is 19.1 Å². The first-order valence-corrected chi connectivity index (χ1v) is 8.25. The van der Waals surface area contributed by atoms with Crippen LogP contribution in [0.3, 0.4) is 0 Å². The Labute approximate surface area is 171 Å². The van der Waals surface area contributed by atoms with Gasteiger partial charge in [-0.1, -0.05) is 44.2 Å². The number of carbonyl (C=O) groups is 2. The summed E-state index contributed by atoms with van der Waals surface area (Å²) in [6.45, 7) is 5.83. The minimum Gasteiger partial charge on any atom is -0.478 e. The summed E-state index contributed by atoms with van der Waals surface area (Å²) in [4.78, 5) is 23.9. The predicted molar refractivity (Wildman–Crippen MR) is 95.6 cm³/mol. The van der Waals surface area contributed by atoms with Crippen LogP contribution in [-0.4, -0.2) is 17.0 Å². The van der Waals surface area contributed by atoms with E-state index in [1.165, 1.54) is 6.07 Å². The molecule has 1 atom stereocenters. The van der Waals surface area contributed by atoms with Gasteiger partial charge in [-0.15, -0.1) is 0 Å². The van der Waals surface area contributed by atoms with Gasteiger partial charge in [-0.05, 0) is 47.8 Å². The molecule has 132 valence electrons. The number of aromatic carboxylic acids is 1. The first kappa shape index (κ1) is 20.3. The Balaban J connectivity index is 0.00000243. The number of rotatable bonds is 4. The quantitative estimate of drug-likeness (QED) is 0.477. The standard InChI is InChI=1S/C21H20O4.Hf/c1-12(2)18-11-19(17-8-5-4-7-16(17)18)25-21(24)15-10-6-9-14(13(15)3)20(22)23;/h4-12,19H,1-3H3,(H,22,23);. The zero-order valence-corrected chi connectivity index (χ0v) is 18.5. The van der Waals surface area contributed by atoms with E-state index in [2.05, 4.69) is 13.8 Å². The molecule has 1 aliphatic rings. The molecule has 0 heterocycles. The fraction of sp³-hybridized carbons (Fsp3) is 0.238. The fourth-order valence-corrected chi connectivity index (χ4v) is 3.22. The third-order valence-corrected chi connectivity index (χ3v) is 4.55. The van der Waals surface area contributed by atoms with Gasteiger partial charge in [-0.3, -0.25) is 0 Å². The minimum atomic E-state index is -1.06. The van der Waals surface area contributed by atoms with Gasteiger partial charge in [0.2, 0.25) is 0 Å². The van der Waals surface area contributed by atoms with Gasteiger partial charge >= 0.3 is 11.9 Å². The van der Waals surface area contributed by atoms with Crippen LogP contribution in [0.25, 0.3) is 5.57 Å². The normalized spacial score (nSPS) is 15.1. The summed E-state index contributed by atoms with van der Waals surface area (Å²) >= 11 is 0. The van der Waals surface area contributed by atoms with Crippen molar-refractivity contribution in [1.29, 1.82) is 0 Å². The molecule has 1 unspecified atom stereocenters. The summed E-state index contributed by atoms with van der Waals surface area (Å²) in [5.74, 6) is -1.25. The second-order valence-corrected chi connectivity index (χ2v) is 6.47. The van der Waals surface area contributed by atoms with Crippen molar-refractivity contribution >= 4 is 17.5 Å². The molecule has 0 bridgehead atoms. The molecule has 0 amide bonds. The number of benzene rings is 2. The maximum Gasteiger partial charge on any atom is 0.339 e. The zero-order valence-electron chi connectivity index (χ0n) is 14.9. The first-order valence-electron chi connectivity index (χ1n) is 8.25. The van der Waals surface area contributed by atoms with Crippen LogP contribution in [0.5, 0.6) is 0 Å². The molecule has 0 saturated heterocycles. The van der Waals surface area contributed by atoms with Crippen LogP contribution in [0.2, 0.25) is 0 Å². The molecule has 26 heavy (non-hydrogen) atoms. The van der Waals surface area contributed by atoms with Crippen LogP contribution in [0, 0.1) is 12.8 Å². The number of esters is 1. The number of hydrogen-bond donors (Lipinski definition) is 1. The van der Waals surface area contributed by atoms with Crippen molar-refractivity contribution in [2.24, 2.45) is 5.92 Å². The summed E-state index contributed by atoms with van der Waals surface area (Å²) < 4.78 is 5.71. The summed E-state index contributed by atoms with van der Waals surface area (Å²) in [6, 6.07) is 12.5. The predicted octanol–water partition coefficient (Wildman–Crippen LogP) is 4.64. The molecule has 2 aromatic carbocycles. The van der Waals surface area contributed by atoms with E-state index >= 15 is 0 Å². The molecule has 1 aliphatic carbocycles. The molecule has 0 spiro atoms. The number of ether oxygens (including phenoxy) is 1. The van der Waals surface area contributed by atoms with Gasteiger partial charge < -0.3 is 9.84 Å². The average molecular weight is 515 g/mol. The molecule has 0 aromatic heterocycles.